The van der Waals surface area contributed by atoms with Crippen LogP contribution in [0.5, 0.6) is 5.75 Å². The number of carbonyl (C=O) groups excluding carboxylic acids is 2. The topological polar surface area (TPSA) is 46.6 Å². The van der Waals surface area contributed by atoms with E-state index in [1.54, 1.807) is 30.3 Å². The van der Waals surface area contributed by atoms with Crippen molar-refractivity contribution in [1.82, 2.24) is 0 Å². The smallest absolute Gasteiger partial charge is 0.298 e. The first-order chi connectivity index (χ1) is 12.5. The number of hydrogen-bond donors (Lipinski definition) is 0. The molecule has 0 aliphatic carbocycles. The lowest BCUT2D eigenvalue weighted by Gasteiger charge is -2.12. The molecule has 0 radical (unpaired) electrons. The van der Waals surface area contributed by atoms with Crippen LogP contribution in [0.3, 0.4) is 0 Å². The average Bonchev–Trinajstić information content (AvgIpc) is 2.91. The molecule has 1 fully saturated rings. The number of hydrogen-bond acceptors (Lipinski definition) is 4. The van der Waals surface area contributed by atoms with Crippen LogP contribution in [0.15, 0.2) is 53.4 Å². The standard InChI is InChI=1S/C20H18ClNO3S/c1-3-13(2)25-17-10-4-14(5-11-17)12-18-19(23)22(20(24)26-18)16-8-6-15(21)7-9-16/h4-13H,3H2,1-2H3/b18-12+/t13-/m1/s1. The molecule has 4 nitrogen and oxygen atoms in total. The molecule has 1 aliphatic heterocycles. The molecule has 0 unspecified atom stereocenters. The predicted molar refractivity (Wildman–Crippen MR) is 107 cm³/mol. The van der Waals surface area contributed by atoms with E-state index in [4.69, 9.17) is 16.3 Å². The van der Waals surface area contributed by atoms with E-state index in [9.17, 15) is 9.59 Å². The Morgan fingerprint density at radius 3 is 2.38 bits per heavy atom. The second-order valence-electron chi connectivity index (χ2n) is 5.90. The van der Waals surface area contributed by atoms with Gasteiger partial charge in [-0.25, -0.2) is 4.90 Å². The highest BCUT2D eigenvalue weighted by molar-refractivity contribution is 8.19. The Hall–Kier alpha value is -2.24. The summed E-state index contributed by atoms with van der Waals surface area (Å²) >= 11 is 6.79. The fourth-order valence-electron chi connectivity index (χ4n) is 2.39. The largest absolute Gasteiger partial charge is 0.491 e. The number of thioether (sulfide) groups is 1. The van der Waals surface area contributed by atoms with Gasteiger partial charge in [0.25, 0.3) is 11.1 Å². The molecule has 0 saturated carbocycles. The summed E-state index contributed by atoms with van der Waals surface area (Å²) in [5.41, 5.74) is 1.35. The highest BCUT2D eigenvalue weighted by atomic mass is 35.5. The zero-order chi connectivity index (χ0) is 18.7. The molecule has 0 bridgehead atoms. The summed E-state index contributed by atoms with van der Waals surface area (Å²) in [6, 6.07) is 14.1. The summed E-state index contributed by atoms with van der Waals surface area (Å²) in [6.07, 6.45) is 2.80. The summed E-state index contributed by atoms with van der Waals surface area (Å²) in [6.45, 7) is 4.08. The van der Waals surface area contributed by atoms with Crippen LogP contribution in [-0.4, -0.2) is 17.3 Å². The summed E-state index contributed by atoms with van der Waals surface area (Å²) in [4.78, 5) is 26.4. The van der Waals surface area contributed by atoms with Gasteiger partial charge in [-0.3, -0.25) is 9.59 Å². The SMILES string of the molecule is CC[C@@H](C)Oc1ccc(/C=C2/SC(=O)N(c3ccc(Cl)cc3)C2=O)cc1. The van der Waals surface area contributed by atoms with Crippen molar-refractivity contribution in [2.24, 2.45) is 0 Å². The van der Waals surface area contributed by atoms with Gasteiger partial charge in [-0.15, -0.1) is 0 Å². The molecule has 3 rings (SSSR count). The monoisotopic (exact) mass is 387 g/mol. The van der Waals surface area contributed by atoms with Gasteiger partial charge >= 0.3 is 0 Å². The van der Waals surface area contributed by atoms with E-state index >= 15 is 0 Å². The van der Waals surface area contributed by atoms with E-state index < -0.39 is 0 Å². The lowest BCUT2D eigenvalue weighted by molar-refractivity contribution is -0.113. The fraction of sp³-hybridized carbons (Fsp3) is 0.200. The number of rotatable bonds is 5. The number of carbonyl (C=O) groups is 2. The first-order valence-electron chi connectivity index (χ1n) is 8.28. The van der Waals surface area contributed by atoms with Gasteiger partial charge in [-0.2, -0.15) is 0 Å². The fourth-order valence-corrected chi connectivity index (χ4v) is 3.36. The van der Waals surface area contributed by atoms with Crippen molar-refractivity contribution in [1.29, 1.82) is 0 Å². The second kappa shape index (κ2) is 7.98. The van der Waals surface area contributed by atoms with Gasteiger partial charge in [-0.05, 0) is 73.1 Å². The minimum atomic E-state index is -0.331. The van der Waals surface area contributed by atoms with Gasteiger partial charge in [0.05, 0.1) is 16.7 Å². The quantitative estimate of drug-likeness (QED) is 0.612. The molecule has 6 heteroatoms. The molecule has 0 aromatic heterocycles. The molecule has 0 N–H and O–H groups in total. The maximum absolute atomic E-state index is 12.6. The van der Waals surface area contributed by atoms with Crippen LogP contribution in [0.1, 0.15) is 25.8 Å². The molecule has 2 aromatic rings. The van der Waals surface area contributed by atoms with Crippen LogP contribution < -0.4 is 9.64 Å². The molecule has 26 heavy (non-hydrogen) atoms. The van der Waals surface area contributed by atoms with Crippen LogP contribution in [-0.2, 0) is 4.79 Å². The highest BCUT2D eigenvalue weighted by Crippen LogP contribution is 2.36. The van der Waals surface area contributed by atoms with Crippen LogP contribution in [0.4, 0.5) is 10.5 Å². The molecular formula is C20H18ClNO3S. The Morgan fingerprint density at radius 1 is 1.12 bits per heavy atom. The van der Waals surface area contributed by atoms with E-state index in [0.29, 0.717) is 15.6 Å². The van der Waals surface area contributed by atoms with Gasteiger partial charge in [0.15, 0.2) is 0 Å². The van der Waals surface area contributed by atoms with Crippen molar-refractivity contribution in [3.05, 3.63) is 64.0 Å². The van der Waals surface area contributed by atoms with E-state index in [-0.39, 0.29) is 17.3 Å². The van der Waals surface area contributed by atoms with Crippen LogP contribution >= 0.6 is 23.4 Å². The third kappa shape index (κ3) is 4.11. The first kappa shape index (κ1) is 18.5. The summed E-state index contributed by atoms with van der Waals surface area (Å²) in [7, 11) is 0. The van der Waals surface area contributed by atoms with E-state index in [2.05, 4.69) is 6.92 Å². The maximum atomic E-state index is 12.6. The minimum absolute atomic E-state index is 0.150. The maximum Gasteiger partial charge on any atom is 0.298 e. The second-order valence-corrected chi connectivity index (χ2v) is 7.33. The van der Waals surface area contributed by atoms with Gasteiger partial charge < -0.3 is 4.74 Å². The summed E-state index contributed by atoms with van der Waals surface area (Å²) in [5.74, 6) is 0.452. The van der Waals surface area contributed by atoms with Crippen LogP contribution in [0.25, 0.3) is 6.08 Å². The lowest BCUT2D eigenvalue weighted by atomic mass is 10.2. The van der Waals surface area contributed by atoms with Crippen molar-refractivity contribution >= 4 is 46.3 Å². The normalized spacial score (nSPS) is 17.0. The lowest BCUT2D eigenvalue weighted by Crippen LogP contribution is -2.27. The van der Waals surface area contributed by atoms with E-state index in [1.807, 2.05) is 31.2 Å². The minimum Gasteiger partial charge on any atom is -0.491 e. The Balaban J connectivity index is 1.78. The average molecular weight is 388 g/mol. The Labute approximate surface area is 161 Å². The molecule has 1 aliphatic rings. The molecule has 1 atom stereocenters. The van der Waals surface area contributed by atoms with Crippen LogP contribution in [0, 0.1) is 0 Å². The molecular weight excluding hydrogens is 370 g/mol. The van der Waals surface area contributed by atoms with Gasteiger partial charge in [0.1, 0.15) is 5.75 Å². The number of halogens is 1. The predicted octanol–water partition coefficient (Wildman–Crippen LogP) is 5.76. The molecule has 2 amide bonds. The number of imide groups is 1. The number of nitrogens with zero attached hydrogens (tertiary/aromatic N) is 1. The number of anilines is 1. The summed E-state index contributed by atoms with van der Waals surface area (Å²) < 4.78 is 5.75. The third-order valence-corrected chi connectivity index (χ3v) is 5.09. The zero-order valence-electron chi connectivity index (χ0n) is 14.4. The van der Waals surface area contributed by atoms with Crippen molar-refractivity contribution in [3.8, 4) is 5.75 Å². The Bertz CT molecular complexity index is 846. The van der Waals surface area contributed by atoms with Gasteiger partial charge in [-0.1, -0.05) is 30.7 Å². The van der Waals surface area contributed by atoms with Crippen molar-refractivity contribution < 1.29 is 14.3 Å². The highest BCUT2D eigenvalue weighted by Gasteiger charge is 2.36. The Morgan fingerprint density at radius 2 is 1.77 bits per heavy atom. The molecule has 0 spiro atoms. The van der Waals surface area contributed by atoms with Crippen molar-refractivity contribution in [2.45, 2.75) is 26.4 Å². The number of ether oxygens (including phenoxy) is 1. The molecule has 2 aromatic carbocycles. The molecule has 1 heterocycles. The van der Waals surface area contributed by atoms with Gasteiger partial charge in [0.2, 0.25) is 0 Å². The third-order valence-electron chi connectivity index (χ3n) is 3.97. The first-order valence-corrected chi connectivity index (χ1v) is 9.47. The molecule has 134 valence electrons. The number of amides is 2. The van der Waals surface area contributed by atoms with Crippen molar-refractivity contribution in [3.63, 3.8) is 0 Å². The van der Waals surface area contributed by atoms with Gasteiger partial charge in [0, 0.05) is 5.02 Å². The zero-order valence-corrected chi connectivity index (χ0v) is 16.0. The Kier molecular flexibility index (Phi) is 5.69. The van der Waals surface area contributed by atoms with E-state index in [1.165, 1.54) is 0 Å². The van der Waals surface area contributed by atoms with Crippen molar-refractivity contribution in [2.75, 3.05) is 4.90 Å². The summed E-state index contributed by atoms with van der Waals surface area (Å²) in [5, 5.41) is 0.233. The van der Waals surface area contributed by atoms with Crippen LogP contribution in [0.2, 0.25) is 5.02 Å². The van der Waals surface area contributed by atoms with E-state index in [0.717, 1.165) is 34.4 Å². The molecule has 1 saturated heterocycles. The number of benzene rings is 2.